The lowest BCUT2D eigenvalue weighted by atomic mass is 9.34. The number of aromatic nitrogens is 2. The molecule has 0 bridgehead atoms. The average Bonchev–Trinajstić information content (AvgIpc) is 1.64. The highest BCUT2D eigenvalue weighted by atomic mass is 16.5. The number of benzene rings is 13. The lowest BCUT2D eigenvalue weighted by molar-refractivity contribution is 0.487. The van der Waals surface area contributed by atoms with Gasteiger partial charge in [0.05, 0.1) is 33.4 Å². The highest BCUT2D eigenvalue weighted by Crippen LogP contribution is 2.53. The van der Waals surface area contributed by atoms with E-state index in [-0.39, 0.29) is 16.2 Å². The maximum absolute atomic E-state index is 7.90. The predicted molar refractivity (Wildman–Crippen MR) is 408 cm³/mol. The molecule has 466 valence electrons. The molecule has 6 heterocycles. The van der Waals surface area contributed by atoms with Crippen LogP contribution in [0.4, 0.5) is 17.1 Å². The van der Waals surface area contributed by atoms with Crippen molar-refractivity contribution in [2.45, 2.75) is 78.6 Å². The van der Waals surface area contributed by atoms with Crippen molar-refractivity contribution in [1.29, 1.82) is 0 Å². The summed E-state index contributed by atoms with van der Waals surface area (Å²) in [6.07, 6.45) is 0. The number of rotatable bonds is 6. The van der Waals surface area contributed by atoms with Crippen LogP contribution in [0.1, 0.15) is 79.0 Å². The molecule has 0 saturated carbocycles. The van der Waals surface area contributed by atoms with Gasteiger partial charge in [0.2, 0.25) is 0 Å². The molecule has 2 aliphatic heterocycles. The largest absolute Gasteiger partial charge is 0.458 e. The minimum atomic E-state index is -0.405. The highest BCUT2D eigenvalue weighted by molar-refractivity contribution is 7.01. The number of ether oxygens (including phenoxy) is 1. The second kappa shape index (κ2) is 20.6. The Kier molecular flexibility index (Phi) is 12.2. The van der Waals surface area contributed by atoms with Crippen molar-refractivity contribution < 1.29 is 13.6 Å². The van der Waals surface area contributed by atoms with E-state index in [1.54, 1.807) is 0 Å². The van der Waals surface area contributed by atoms with Crippen LogP contribution in [-0.4, -0.2) is 15.8 Å². The Morgan fingerprint density at radius 3 is 1.28 bits per heavy atom. The summed E-state index contributed by atoms with van der Waals surface area (Å²) >= 11 is 0. The highest BCUT2D eigenvalue weighted by Gasteiger charge is 2.47. The molecule has 4 aromatic heterocycles. The number of furan rings is 2. The minimum absolute atomic E-state index is 0.0612. The van der Waals surface area contributed by atoms with E-state index < -0.39 is 6.71 Å². The minimum Gasteiger partial charge on any atom is -0.458 e. The number of fused-ring (bicyclic) bond motifs is 19. The SMILES string of the molecule is CC(C)(C)c1ccc2c(c1)c1cc(-c3ccccc3)ccc1n2-c1ccc2c(c1)Oc1cc(-n3c4ccc(C(C)(C)C)cc4c4cc(C(C)(C)C)ccc43)cc3c1B2c1c(c2oc4ccccc4c2c2c1oc1ccccc12)N3c1cc(-c2ccccc2)cc(-c2ccccc2)c1. The number of nitrogens with zero attached hydrogens (tertiary/aromatic N) is 3. The van der Waals surface area contributed by atoms with E-state index in [9.17, 15) is 0 Å². The van der Waals surface area contributed by atoms with Crippen molar-refractivity contribution in [3.05, 3.63) is 278 Å². The fourth-order valence-electron chi connectivity index (χ4n) is 16.0. The van der Waals surface area contributed by atoms with Crippen molar-refractivity contribution in [1.82, 2.24) is 9.13 Å². The number of hydrogen-bond donors (Lipinski definition) is 0. The molecule has 97 heavy (non-hydrogen) atoms. The van der Waals surface area contributed by atoms with Crippen molar-refractivity contribution in [2.75, 3.05) is 4.90 Å². The zero-order chi connectivity index (χ0) is 65.5. The van der Waals surface area contributed by atoms with Gasteiger partial charge in [0, 0.05) is 77.7 Å². The van der Waals surface area contributed by atoms with Crippen LogP contribution >= 0.6 is 0 Å². The number of hydrogen-bond acceptors (Lipinski definition) is 4. The fourth-order valence-corrected chi connectivity index (χ4v) is 16.0. The quantitative estimate of drug-likeness (QED) is 0.156. The fraction of sp³-hybridized carbons (Fsp3) is 0.133. The molecule has 0 atom stereocenters. The van der Waals surface area contributed by atoms with E-state index in [2.05, 4.69) is 337 Å². The van der Waals surface area contributed by atoms with E-state index in [1.165, 1.54) is 49.4 Å². The summed E-state index contributed by atoms with van der Waals surface area (Å²) < 4.78 is 28.0. The third-order valence-corrected chi connectivity index (χ3v) is 21.0. The van der Waals surface area contributed by atoms with Gasteiger partial charge in [-0.25, -0.2) is 0 Å². The van der Waals surface area contributed by atoms with Crippen LogP contribution in [0.3, 0.4) is 0 Å². The molecule has 7 heteroatoms. The van der Waals surface area contributed by atoms with Crippen molar-refractivity contribution >= 4 is 128 Å². The Morgan fingerprint density at radius 2 is 0.753 bits per heavy atom. The van der Waals surface area contributed by atoms with Crippen LogP contribution in [0.15, 0.2) is 270 Å². The molecule has 0 amide bonds. The Bertz CT molecular complexity index is 6040. The summed E-state index contributed by atoms with van der Waals surface area (Å²) in [6, 6.07) is 96.4. The summed E-state index contributed by atoms with van der Waals surface area (Å²) in [5, 5.41) is 8.97. The third kappa shape index (κ3) is 8.73. The van der Waals surface area contributed by atoms with Gasteiger partial charge in [0.1, 0.15) is 28.2 Å². The zero-order valence-electron chi connectivity index (χ0n) is 56.0. The molecule has 2 aliphatic rings. The first-order chi connectivity index (χ1) is 47.0. The zero-order valence-corrected chi connectivity index (χ0v) is 56.0. The molecule has 0 spiro atoms. The lowest BCUT2D eigenvalue weighted by Crippen LogP contribution is -2.59. The summed E-state index contributed by atoms with van der Waals surface area (Å²) in [5.41, 5.74) is 26.1. The van der Waals surface area contributed by atoms with Gasteiger partial charge in [-0.3, -0.25) is 0 Å². The van der Waals surface area contributed by atoms with Gasteiger partial charge < -0.3 is 27.6 Å². The van der Waals surface area contributed by atoms with Crippen LogP contribution in [0.25, 0.3) is 132 Å². The smallest absolute Gasteiger partial charge is 0.261 e. The normalized spacial score (nSPS) is 13.2. The first-order valence-corrected chi connectivity index (χ1v) is 34.1. The monoisotopic (exact) mass is 1250 g/mol. The number of anilines is 3. The van der Waals surface area contributed by atoms with Gasteiger partial charge in [0.15, 0.2) is 5.58 Å². The van der Waals surface area contributed by atoms with Gasteiger partial charge in [-0.15, -0.1) is 0 Å². The van der Waals surface area contributed by atoms with Crippen LogP contribution < -0.4 is 26.0 Å². The Labute approximate surface area is 564 Å². The summed E-state index contributed by atoms with van der Waals surface area (Å²) in [6.45, 7) is 20.4. The molecule has 0 aliphatic carbocycles. The molecule has 0 fully saturated rings. The van der Waals surface area contributed by atoms with Crippen molar-refractivity contribution in [2.24, 2.45) is 0 Å². The predicted octanol–water partition coefficient (Wildman–Crippen LogP) is 23.0. The second-order valence-electron chi connectivity index (χ2n) is 30.1. The molecular weight excluding hydrogens is 1180 g/mol. The Morgan fingerprint density at radius 1 is 0.309 bits per heavy atom. The standard InChI is InChI=1S/C90H70BN3O3/c1-88(2,3)59-34-40-73-68(47-59)67-46-56(53-23-13-10-14-24-53)33-39-72(67)92(73)62-37-38-71-79(51-62)95-80-52-64(93-74-41-35-60(89(4,5)6)48-69(74)70-49-61(90(7,8)9)36-42-75(70)93)50-76-83(80)91(71)84-85(87-82(66-30-20-22-32-78(66)97-87)81-65-29-19-21-31-77(65)96-86(81)84)94(76)63-44-57(54-25-15-11-16-26-54)43-58(45-63)55-27-17-12-18-28-55/h10-52H,1-9H3. The summed E-state index contributed by atoms with van der Waals surface area (Å²) in [7, 11) is 0. The molecule has 17 aromatic rings. The van der Waals surface area contributed by atoms with Crippen molar-refractivity contribution in [3.63, 3.8) is 0 Å². The van der Waals surface area contributed by atoms with E-state index >= 15 is 0 Å². The Balaban J connectivity index is 0.953. The first kappa shape index (κ1) is 57.2. The van der Waals surface area contributed by atoms with E-state index in [4.69, 9.17) is 13.6 Å². The van der Waals surface area contributed by atoms with Gasteiger partial charge in [-0.05, 0) is 168 Å². The number of para-hydroxylation sites is 2. The molecule has 0 N–H and O–H groups in total. The molecule has 13 aromatic carbocycles. The molecule has 0 radical (unpaired) electrons. The van der Waals surface area contributed by atoms with Crippen LogP contribution in [-0.2, 0) is 16.2 Å². The Hall–Kier alpha value is -11.3. The molecule has 0 saturated heterocycles. The van der Waals surface area contributed by atoms with Crippen LogP contribution in [0.2, 0.25) is 0 Å². The molecule has 19 rings (SSSR count). The lowest BCUT2D eigenvalue weighted by Gasteiger charge is -2.40. The van der Waals surface area contributed by atoms with Gasteiger partial charge in [0.25, 0.3) is 6.71 Å². The van der Waals surface area contributed by atoms with Gasteiger partial charge in [-0.1, -0.05) is 220 Å². The maximum Gasteiger partial charge on any atom is 0.261 e. The van der Waals surface area contributed by atoms with E-state index in [1.807, 2.05) is 0 Å². The average molecular weight is 1250 g/mol. The van der Waals surface area contributed by atoms with E-state index in [0.29, 0.717) is 0 Å². The maximum atomic E-state index is 7.90. The van der Waals surface area contributed by atoms with E-state index in [0.717, 1.165) is 145 Å². The van der Waals surface area contributed by atoms with Gasteiger partial charge >= 0.3 is 0 Å². The summed E-state index contributed by atoms with van der Waals surface area (Å²) in [5.74, 6) is 1.55. The summed E-state index contributed by atoms with van der Waals surface area (Å²) in [4.78, 5) is 2.50. The molecular formula is C90H70BN3O3. The molecule has 6 nitrogen and oxygen atoms in total. The van der Waals surface area contributed by atoms with Gasteiger partial charge in [-0.2, -0.15) is 0 Å². The first-order valence-electron chi connectivity index (χ1n) is 34.1. The van der Waals surface area contributed by atoms with Crippen LogP contribution in [0, 0.1) is 0 Å². The third-order valence-electron chi connectivity index (χ3n) is 21.0. The topological polar surface area (TPSA) is 48.6 Å². The van der Waals surface area contributed by atoms with Crippen LogP contribution in [0.5, 0.6) is 11.5 Å². The molecule has 0 unspecified atom stereocenters. The van der Waals surface area contributed by atoms with Crippen molar-refractivity contribution in [3.8, 4) is 56.3 Å². The second-order valence-corrected chi connectivity index (χ2v) is 30.1.